The van der Waals surface area contributed by atoms with Crippen molar-refractivity contribution in [3.05, 3.63) is 29.8 Å². The molecule has 3 nitrogen and oxygen atoms in total. The van der Waals surface area contributed by atoms with Gasteiger partial charge >= 0.3 is 0 Å². The molecule has 0 amide bonds. The van der Waals surface area contributed by atoms with E-state index in [1.807, 2.05) is 24.3 Å². The Bertz CT molecular complexity index is 389. The number of ether oxygens (including phenoxy) is 1. The van der Waals surface area contributed by atoms with Gasteiger partial charge in [-0.15, -0.1) is 0 Å². The fourth-order valence-corrected chi connectivity index (χ4v) is 3.19. The van der Waals surface area contributed by atoms with Gasteiger partial charge in [0.2, 0.25) is 0 Å². The first-order chi connectivity index (χ1) is 10.3. The van der Waals surface area contributed by atoms with Gasteiger partial charge in [-0.25, -0.2) is 0 Å². The van der Waals surface area contributed by atoms with Crippen LogP contribution in [0.4, 0.5) is 0 Å². The summed E-state index contributed by atoms with van der Waals surface area (Å²) in [4.78, 5) is 2.67. The second kappa shape index (κ2) is 9.06. The van der Waals surface area contributed by atoms with Crippen LogP contribution in [0.25, 0.3) is 0 Å². The van der Waals surface area contributed by atoms with Gasteiger partial charge in [0, 0.05) is 19.1 Å². The summed E-state index contributed by atoms with van der Waals surface area (Å²) >= 11 is 0. The van der Waals surface area contributed by atoms with Crippen molar-refractivity contribution in [2.45, 2.75) is 58.0 Å². The smallest absolute Gasteiger partial charge is 0.119 e. The van der Waals surface area contributed by atoms with Crippen LogP contribution in [0.1, 0.15) is 51.0 Å². The third-order valence-corrected chi connectivity index (χ3v) is 4.39. The monoisotopic (exact) mass is 290 g/mol. The van der Waals surface area contributed by atoms with Crippen molar-refractivity contribution in [3.63, 3.8) is 0 Å². The van der Waals surface area contributed by atoms with E-state index in [2.05, 4.69) is 11.8 Å². The van der Waals surface area contributed by atoms with Crippen LogP contribution in [-0.4, -0.2) is 30.6 Å². The summed E-state index contributed by atoms with van der Waals surface area (Å²) in [6.45, 7) is 6.13. The molecular formula is C18H30N2O. The number of piperidine rings is 1. The quantitative estimate of drug-likeness (QED) is 0.744. The van der Waals surface area contributed by atoms with Crippen LogP contribution in [0.2, 0.25) is 0 Å². The van der Waals surface area contributed by atoms with Crippen LogP contribution in [-0.2, 0) is 6.54 Å². The fourth-order valence-electron chi connectivity index (χ4n) is 3.19. The summed E-state index contributed by atoms with van der Waals surface area (Å²) in [5.74, 6) is 0.955. The van der Waals surface area contributed by atoms with Gasteiger partial charge in [0.15, 0.2) is 0 Å². The molecule has 118 valence electrons. The van der Waals surface area contributed by atoms with Gasteiger partial charge in [0.1, 0.15) is 5.75 Å². The maximum absolute atomic E-state index is 5.82. The standard InChI is InChI=1S/C18H30N2O/c1-2-6-17-7-3-4-12-20(17)13-5-14-21-18-10-8-16(15-19)9-11-18/h8-11,17H,2-7,12-15,19H2,1H3. The zero-order valence-electron chi connectivity index (χ0n) is 13.4. The molecule has 2 N–H and O–H groups in total. The van der Waals surface area contributed by atoms with Crippen molar-refractivity contribution in [2.24, 2.45) is 5.73 Å². The minimum absolute atomic E-state index is 0.591. The maximum Gasteiger partial charge on any atom is 0.119 e. The summed E-state index contributed by atoms with van der Waals surface area (Å²) in [5, 5.41) is 0. The van der Waals surface area contributed by atoms with Crippen LogP contribution >= 0.6 is 0 Å². The normalized spacial score (nSPS) is 19.6. The Morgan fingerprint density at radius 3 is 2.76 bits per heavy atom. The lowest BCUT2D eigenvalue weighted by Crippen LogP contribution is -2.40. The minimum atomic E-state index is 0.591. The Hall–Kier alpha value is -1.06. The molecule has 0 aromatic heterocycles. The molecule has 1 saturated heterocycles. The van der Waals surface area contributed by atoms with Crippen LogP contribution in [0.5, 0.6) is 5.75 Å². The Labute approximate surface area is 129 Å². The largest absolute Gasteiger partial charge is 0.494 e. The van der Waals surface area contributed by atoms with Crippen molar-refractivity contribution in [3.8, 4) is 5.75 Å². The number of hydrogen-bond donors (Lipinski definition) is 1. The number of likely N-dealkylation sites (tertiary alicyclic amines) is 1. The molecule has 3 heteroatoms. The summed E-state index contributed by atoms with van der Waals surface area (Å²) in [6.07, 6.45) is 7.91. The molecule has 0 spiro atoms. The van der Waals surface area contributed by atoms with Gasteiger partial charge in [0.25, 0.3) is 0 Å². The highest BCUT2D eigenvalue weighted by Gasteiger charge is 2.20. The zero-order chi connectivity index (χ0) is 14.9. The van der Waals surface area contributed by atoms with Gasteiger partial charge in [-0.3, -0.25) is 0 Å². The predicted octanol–water partition coefficient (Wildman–Crippen LogP) is 3.57. The van der Waals surface area contributed by atoms with Crippen LogP contribution in [0.15, 0.2) is 24.3 Å². The fraction of sp³-hybridized carbons (Fsp3) is 0.667. The molecule has 1 aromatic carbocycles. The molecule has 21 heavy (non-hydrogen) atoms. The molecule has 0 radical (unpaired) electrons. The zero-order valence-corrected chi connectivity index (χ0v) is 13.4. The van der Waals surface area contributed by atoms with Crippen molar-refractivity contribution in [1.82, 2.24) is 4.90 Å². The number of hydrogen-bond acceptors (Lipinski definition) is 3. The molecule has 1 aromatic rings. The first-order valence-corrected chi connectivity index (χ1v) is 8.49. The van der Waals surface area contributed by atoms with E-state index in [1.54, 1.807) is 0 Å². The number of rotatable bonds is 8. The van der Waals surface area contributed by atoms with Crippen molar-refractivity contribution in [1.29, 1.82) is 0 Å². The maximum atomic E-state index is 5.82. The molecule has 0 saturated carbocycles. The highest BCUT2D eigenvalue weighted by Crippen LogP contribution is 2.21. The lowest BCUT2D eigenvalue weighted by molar-refractivity contribution is 0.130. The van der Waals surface area contributed by atoms with E-state index in [0.717, 1.165) is 30.4 Å². The number of benzene rings is 1. The molecule has 1 aliphatic rings. The third-order valence-electron chi connectivity index (χ3n) is 4.39. The molecule has 1 unspecified atom stereocenters. The first-order valence-electron chi connectivity index (χ1n) is 8.49. The average Bonchev–Trinajstić information content (AvgIpc) is 2.54. The summed E-state index contributed by atoms with van der Waals surface area (Å²) in [7, 11) is 0. The van der Waals surface area contributed by atoms with Crippen LogP contribution in [0, 0.1) is 0 Å². The lowest BCUT2D eigenvalue weighted by Gasteiger charge is -2.35. The Morgan fingerprint density at radius 2 is 2.05 bits per heavy atom. The van der Waals surface area contributed by atoms with E-state index >= 15 is 0 Å². The van der Waals surface area contributed by atoms with E-state index in [9.17, 15) is 0 Å². The average molecular weight is 290 g/mol. The molecule has 1 aliphatic heterocycles. The van der Waals surface area contributed by atoms with Crippen LogP contribution in [0.3, 0.4) is 0 Å². The molecule has 0 bridgehead atoms. The molecule has 1 fully saturated rings. The van der Waals surface area contributed by atoms with Gasteiger partial charge < -0.3 is 15.4 Å². The van der Waals surface area contributed by atoms with Crippen molar-refractivity contribution in [2.75, 3.05) is 19.7 Å². The SMILES string of the molecule is CCCC1CCCCN1CCCOc1ccc(CN)cc1. The van der Waals surface area contributed by atoms with Gasteiger partial charge in [-0.2, -0.15) is 0 Å². The molecular weight excluding hydrogens is 260 g/mol. The van der Waals surface area contributed by atoms with E-state index < -0.39 is 0 Å². The van der Waals surface area contributed by atoms with Gasteiger partial charge in [0.05, 0.1) is 6.61 Å². The summed E-state index contributed by atoms with van der Waals surface area (Å²) in [5.41, 5.74) is 6.75. The van der Waals surface area contributed by atoms with Crippen LogP contribution < -0.4 is 10.5 Å². The minimum Gasteiger partial charge on any atom is -0.494 e. The summed E-state index contributed by atoms with van der Waals surface area (Å²) in [6, 6.07) is 8.92. The first kappa shape index (κ1) is 16.3. The second-order valence-electron chi connectivity index (χ2n) is 6.02. The molecule has 1 heterocycles. The Kier molecular flexibility index (Phi) is 7.04. The highest BCUT2D eigenvalue weighted by molar-refractivity contribution is 5.26. The van der Waals surface area contributed by atoms with E-state index in [1.165, 1.54) is 45.2 Å². The van der Waals surface area contributed by atoms with Gasteiger partial charge in [-0.1, -0.05) is 31.9 Å². The van der Waals surface area contributed by atoms with Crippen molar-refractivity contribution >= 4 is 0 Å². The Balaban J connectivity index is 1.68. The van der Waals surface area contributed by atoms with Gasteiger partial charge in [-0.05, 0) is 49.9 Å². The molecule has 1 atom stereocenters. The Morgan fingerprint density at radius 1 is 1.24 bits per heavy atom. The number of nitrogens with zero attached hydrogens (tertiary/aromatic N) is 1. The number of nitrogens with two attached hydrogens (primary N) is 1. The second-order valence-corrected chi connectivity index (χ2v) is 6.02. The van der Waals surface area contributed by atoms with E-state index in [0.29, 0.717) is 6.54 Å². The summed E-state index contributed by atoms with van der Waals surface area (Å²) < 4.78 is 5.82. The van der Waals surface area contributed by atoms with E-state index in [4.69, 9.17) is 10.5 Å². The molecule has 0 aliphatic carbocycles. The topological polar surface area (TPSA) is 38.5 Å². The lowest BCUT2D eigenvalue weighted by atomic mass is 9.98. The molecule has 2 rings (SSSR count). The predicted molar refractivity (Wildman–Crippen MR) is 88.6 cm³/mol. The van der Waals surface area contributed by atoms with Crippen molar-refractivity contribution < 1.29 is 4.74 Å². The van der Waals surface area contributed by atoms with E-state index in [-0.39, 0.29) is 0 Å². The third kappa shape index (κ3) is 5.33. The highest BCUT2D eigenvalue weighted by atomic mass is 16.5.